The molecule has 1 aliphatic rings. The van der Waals surface area contributed by atoms with Crippen LogP contribution in [-0.4, -0.2) is 30.7 Å². The van der Waals surface area contributed by atoms with E-state index >= 15 is 0 Å². The Morgan fingerprint density at radius 3 is 2.68 bits per heavy atom. The summed E-state index contributed by atoms with van der Waals surface area (Å²) in [5.74, 6) is 1.21. The molecule has 0 spiro atoms. The van der Waals surface area contributed by atoms with Gasteiger partial charge in [0.25, 0.3) is 0 Å². The Morgan fingerprint density at radius 2 is 1.92 bits per heavy atom. The van der Waals surface area contributed by atoms with Crippen molar-refractivity contribution in [2.75, 3.05) is 19.2 Å². The van der Waals surface area contributed by atoms with Crippen molar-refractivity contribution in [2.24, 2.45) is 0 Å². The number of hydrogen-bond acceptors (Lipinski definition) is 4. The summed E-state index contributed by atoms with van der Waals surface area (Å²) < 4.78 is 10.6. The number of carbonyl (C=O) groups is 1. The monoisotopic (exact) mass is 380 g/mol. The lowest BCUT2D eigenvalue weighted by Gasteiger charge is -2.24. The van der Waals surface area contributed by atoms with Crippen LogP contribution in [0.5, 0.6) is 11.5 Å². The number of anilines is 1. The maximum atomic E-state index is 12.5. The van der Waals surface area contributed by atoms with E-state index in [1.54, 1.807) is 24.3 Å². The second kappa shape index (κ2) is 7.52. The fourth-order valence-electron chi connectivity index (χ4n) is 2.48. The maximum absolute atomic E-state index is 12.5. The highest BCUT2D eigenvalue weighted by atomic mass is 35.5. The second-order valence-corrected chi connectivity index (χ2v) is 6.71. The molecule has 7 heteroatoms. The molecule has 0 radical (unpaired) electrons. The molecule has 0 unspecified atom stereocenters. The van der Waals surface area contributed by atoms with Gasteiger partial charge in [-0.15, -0.1) is 0 Å². The van der Waals surface area contributed by atoms with Crippen molar-refractivity contribution in [3.63, 3.8) is 0 Å². The first kappa shape index (κ1) is 17.9. The molecule has 0 aromatic heterocycles. The second-order valence-electron chi connectivity index (χ2n) is 5.90. The predicted octanol–water partition coefficient (Wildman–Crippen LogP) is 4.18. The first-order valence-electron chi connectivity index (χ1n) is 7.78. The number of likely N-dealkylation sites (N-methyl/N-ethyl adjacent to an activating group) is 1. The summed E-state index contributed by atoms with van der Waals surface area (Å²) in [6.45, 7) is 2.63. The number of rotatable bonds is 5. The van der Waals surface area contributed by atoms with Crippen LogP contribution in [0.3, 0.4) is 0 Å². The van der Waals surface area contributed by atoms with Crippen LogP contribution in [0.15, 0.2) is 36.4 Å². The van der Waals surface area contributed by atoms with E-state index in [0.29, 0.717) is 33.8 Å². The van der Waals surface area contributed by atoms with E-state index in [-0.39, 0.29) is 18.7 Å². The van der Waals surface area contributed by atoms with Crippen LogP contribution in [0, 0.1) is 0 Å². The number of fused-ring (bicyclic) bond motifs is 1. The number of nitrogens with one attached hydrogen (secondary N) is 1. The van der Waals surface area contributed by atoms with Crippen LogP contribution < -0.4 is 14.8 Å². The Morgan fingerprint density at radius 1 is 1.16 bits per heavy atom. The fraction of sp³-hybridized carbons (Fsp3) is 0.278. The molecule has 1 amide bonds. The Kier molecular flexibility index (Phi) is 5.37. The molecule has 5 nitrogen and oxygen atoms in total. The lowest BCUT2D eigenvalue weighted by Crippen LogP contribution is -2.39. The largest absolute Gasteiger partial charge is 0.454 e. The third-order valence-electron chi connectivity index (χ3n) is 4.10. The van der Waals surface area contributed by atoms with Crippen LogP contribution in [0.25, 0.3) is 0 Å². The molecule has 132 valence electrons. The first-order chi connectivity index (χ1) is 11.9. The van der Waals surface area contributed by atoms with Gasteiger partial charge in [0.2, 0.25) is 12.7 Å². The minimum atomic E-state index is -0.333. The number of halogens is 2. The summed E-state index contributed by atoms with van der Waals surface area (Å²) in [6, 6.07) is 10.4. The molecule has 0 fully saturated rings. The highest BCUT2D eigenvalue weighted by Crippen LogP contribution is 2.34. The molecule has 3 rings (SSSR count). The van der Waals surface area contributed by atoms with Gasteiger partial charge in [-0.2, -0.15) is 0 Å². The van der Waals surface area contributed by atoms with Crippen molar-refractivity contribution < 1.29 is 14.3 Å². The molecule has 1 heterocycles. The van der Waals surface area contributed by atoms with Crippen molar-refractivity contribution >= 4 is 34.8 Å². The summed E-state index contributed by atoms with van der Waals surface area (Å²) in [5, 5.41) is 3.92. The van der Waals surface area contributed by atoms with E-state index in [1.807, 2.05) is 31.0 Å². The Hall–Kier alpha value is -1.95. The van der Waals surface area contributed by atoms with E-state index in [1.165, 1.54) is 0 Å². The predicted molar refractivity (Wildman–Crippen MR) is 98.6 cm³/mol. The molecule has 0 saturated carbocycles. The Bertz CT molecular complexity index is 798. The van der Waals surface area contributed by atoms with E-state index in [2.05, 4.69) is 5.32 Å². The fourth-order valence-corrected chi connectivity index (χ4v) is 2.80. The van der Waals surface area contributed by atoms with E-state index in [4.69, 9.17) is 32.7 Å². The molecule has 1 aliphatic heterocycles. The number of amides is 1. The summed E-state index contributed by atoms with van der Waals surface area (Å²) in [5.41, 5.74) is 1.66. The topological polar surface area (TPSA) is 50.8 Å². The average molecular weight is 381 g/mol. The number of benzene rings is 2. The van der Waals surface area contributed by atoms with Gasteiger partial charge in [-0.25, -0.2) is 0 Å². The smallest absolute Gasteiger partial charge is 0.241 e. The molecule has 0 bridgehead atoms. The quantitative estimate of drug-likeness (QED) is 0.844. The number of hydrogen-bond donors (Lipinski definition) is 1. The zero-order valence-electron chi connectivity index (χ0n) is 13.9. The summed E-state index contributed by atoms with van der Waals surface area (Å²) in [7, 11) is 1.88. The minimum Gasteiger partial charge on any atom is -0.454 e. The highest BCUT2D eigenvalue weighted by molar-refractivity contribution is 6.42. The lowest BCUT2D eigenvalue weighted by molar-refractivity contribution is -0.120. The van der Waals surface area contributed by atoms with Gasteiger partial charge in [0, 0.05) is 18.3 Å². The number of ether oxygens (including phenoxy) is 2. The lowest BCUT2D eigenvalue weighted by atomic mass is 10.2. The zero-order chi connectivity index (χ0) is 18.0. The number of carbonyl (C=O) groups excluding carboxylic acids is 1. The van der Waals surface area contributed by atoms with Gasteiger partial charge in [-0.1, -0.05) is 29.3 Å². The van der Waals surface area contributed by atoms with Crippen LogP contribution in [0.4, 0.5) is 5.69 Å². The summed E-state index contributed by atoms with van der Waals surface area (Å²) in [6.07, 6.45) is 0. The van der Waals surface area contributed by atoms with Crippen molar-refractivity contribution in [1.82, 2.24) is 4.90 Å². The standard InChI is InChI=1S/C18H18Cl2N2O3/c1-11(22(2)9-12-3-5-14(19)15(20)7-12)18(23)21-13-4-6-16-17(8-13)25-10-24-16/h3-8,11H,9-10H2,1-2H3,(H,21,23)/t11-/m1/s1. The minimum absolute atomic E-state index is 0.110. The van der Waals surface area contributed by atoms with Gasteiger partial charge < -0.3 is 14.8 Å². The van der Waals surface area contributed by atoms with E-state index < -0.39 is 0 Å². The Balaban J connectivity index is 1.62. The molecule has 1 atom stereocenters. The van der Waals surface area contributed by atoms with Gasteiger partial charge in [0.15, 0.2) is 11.5 Å². The van der Waals surface area contributed by atoms with Gasteiger partial charge >= 0.3 is 0 Å². The van der Waals surface area contributed by atoms with E-state index in [0.717, 1.165) is 5.56 Å². The van der Waals surface area contributed by atoms with Gasteiger partial charge in [-0.3, -0.25) is 9.69 Å². The summed E-state index contributed by atoms with van der Waals surface area (Å²) in [4.78, 5) is 14.4. The van der Waals surface area contributed by atoms with Gasteiger partial charge in [0.1, 0.15) is 0 Å². The molecule has 1 N–H and O–H groups in total. The molecule has 2 aromatic carbocycles. The average Bonchev–Trinajstić information content (AvgIpc) is 3.05. The van der Waals surface area contributed by atoms with Crippen LogP contribution in [0.2, 0.25) is 10.0 Å². The molecule has 2 aromatic rings. The third-order valence-corrected chi connectivity index (χ3v) is 4.84. The van der Waals surface area contributed by atoms with Gasteiger partial charge in [0.05, 0.1) is 16.1 Å². The van der Waals surface area contributed by atoms with Crippen molar-refractivity contribution in [3.05, 3.63) is 52.0 Å². The normalized spacial score (nSPS) is 13.8. The van der Waals surface area contributed by atoms with E-state index in [9.17, 15) is 4.79 Å². The van der Waals surface area contributed by atoms with Gasteiger partial charge in [-0.05, 0) is 43.8 Å². The highest BCUT2D eigenvalue weighted by Gasteiger charge is 2.20. The summed E-state index contributed by atoms with van der Waals surface area (Å²) >= 11 is 12.0. The van der Waals surface area contributed by atoms with Crippen molar-refractivity contribution in [1.29, 1.82) is 0 Å². The van der Waals surface area contributed by atoms with Crippen molar-refractivity contribution in [2.45, 2.75) is 19.5 Å². The SMILES string of the molecule is C[C@H](C(=O)Nc1ccc2c(c1)OCO2)N(C)Cc1ccc(Cl)c(Cl)c1. The van der Waals surface area contributed by atoms with Crippen LogP contribution >= 0.6 is 23.2 Å². The molecular weight excluding hydrogens is 363 g/mol. The van der Waals surface area contributed by atoms with Crippen LogP contribution in [0.1, 0.15) is 12.5 Å². The number of nitrogens with zero attached hydrogens (tertiary/aromatic N) is 1. The van der Waals surface area contributed by atoms with Crippen LogP contribution in [-0.2, 0) is 11.3 Å². The van der Waals surface area contributed by atoms with Crippen molar-refractivity contribution in [3.8, 4) is 11.5 Å². The maximum Gasteiger partial charge on any atom is 0.241 e. The molecular formula is C18H18Cl2N2O3. The Labute approximate surface area is 156 Å². The zero-order valence-corrected chi connectivity index (χ0v) is 15.4. The first-order valence-corrected chi connectivity index (χ1v) is 8.54. The molecule has 0 aliphatic carbocycles. The molecule has 0 saturated heterocycles. The molecule has 25 heavy (non-hydrogen) atoms. The third kappa shape index (κ3) is 4.18.